The average molecular weight is 337 g/mol. The smallest absolute Gasteiger partial charge is 0.407 e. The van der Waals surface area contributed by atoms with E-state index in [0.717, 1.165) is 35.1 Å². The van der Waals surface area contributed by atoms with Gasteiger partial charge < -0.3 is 10.0 Å². The average Bonchev–Trinajstić information content (AvgIpc) is 3.07. The third-order valence-electron chi connectivity index (χ3n) is 4.80. The summed E-state index contributed by atoms with van der Waals surface area (Å²) >= 11 is 0. The Morgan fingerprint density at radius 1 is 1.20 bits per heavy atom. The molecule has 2 aromatic heterocycles. The van der Waals surface area contributed by atoms with Gasteiger partial charge in [0.2, 0.25) is 0 Å². The van der Waals surface area contributed by atoms with E-state index in [4.69, 9.17) is 10.1 Å². The molecule has 1 aromatic carbocycles. The lowest BCUT2D eigenvalue weighted by Crippen LogP contribution is -2.36. The molecule has 1 fully saturated rings. The molecule has 0 radical (unpaired) electrons. The molecule has 4 rings (SSSR count). The maximum atomic E-state index is 11.0. The van der Waals surface area contributed by atoms with Crippen LogP contribution in [0.5, 0.6) is 0 Å². The van der Waals surface area contributed by atoms with E-state index in [1.807, 2.05) is 19.3 Å². The van der Waals surface area contributed by atoms with E-state index in [1.165, 1.54) is 10.5 Å². The molecule has 3 aromatic rings. The zero-order chi connectivity index (χ0) is 17.4. The minimum absolute atomic E-state index is 0.365. The van der Waals surface area contributed by atoms with Gasteiger partial charge in [-0.15, -0.1) is 0 Å². The first-order chi connectivity index (χ1) is 12.1. The van der Waals surface area contributed by atoms with Crippen molar-refractivity contribution in [3.63, 3.8) is 0 Å². The van der Waals surface area contributed by atoms with Crippen molar-refractivity contribution in [2.75, 3.05) is 13.1 Å². The lowest BCUT2D eigenvalue weighted by molar-refractivity contribution is 0.132. The van der Waals surface area contributed by atoms with Crippen molar-refractivity contribution >= 4 is 17.1 Å². The van der Waals surface area contributed by atoms with E-state index in [1.54, 1.807) is 17.1 Å². The van der Waals surface area contributed by atoms with Gasteiger partial charge in [0.25, 0.3) is 0 Å². The molecule has 25 heavy (non-hydrogen) atoms. The third kappa shape index (κ3) is 3.05. The second-order valence-electron chi connectivity index (χ2n) is 6.45. The van der Waals surface area contributed by atoms with Crippen molar-refractivity contribution < 1.29 is 9.90 Å². The predicted octanol–water partition coefficient (Wildman–Crippen LogP) is 2.89. The fourth-order valence-electron chi connectivity index (χ4n) is 3.38. The number of rotatable bonds is 2. The first kappa shape index (κ1) is 15.6. The number of likely N-dealkylation sites (tertiary alicyclic amines) is 1. The highest BCUT2D eigenvalue weighted by Gasteiger charge is 2.23. The first-order valence-corrected chi connectivity index (χ1v) is 8.34. The number of aryl methyl sites for hydroxylation is 1. The molecule has 0 saturated carbocycles. The van der Waals surface area contributed by atoms with E-state index in [2.05, 4.69) is 22.2 Å². The molecule has 0 unspecified atom stereocenters. The Hall–Kier alpha value is -2.96. The molecule has 1 aliphatic rings. The molecule has 1 N–H and O–H groups in total. The number of fused-ring (bicyclic) bond motifs is 1. The van der Waals surface area contributed by atoms with Crippen LogP contribution in [-0.4, -0.2) is 48.9 Å². The van der Waals surface area contributed by atoms with Gasteiger partial charge in [-0.1, -0.05) is 6.07 Å². The highest BCUT2D eigenvalue weighted by atomic mass is 16.4. The van der Waals surface area contributed by atoms with Gasteiger partial charge in [-0.2, -0.15) is 5.10 Å². The zero-order valence-electron chi connectivity index (χ0n) is 14.0. The SMILES string of the molecule is Cn1cc(-c2cnc3ccc(C4CCN(C(=O)O)CC4)cc3n2)cn1. The molecule has 0 bridgehead atoms. The van der Waals surface area contributed by atoms with Crippen LogP contribution < -0.4 is 0 Å². The second kappa shape index (κ2) is 6.16. The Morgan fingerprint density at radius 3 is 2.68 bits per heavy atom. The van der Waals surface area contributed by atoms with Crippen LogP contribution in [0.3, 0.4) is 0 Å². The number of hydrogen-bond donors (Lipinski definition) is 1. The largest absolute Gasteiger partial charge is 0.465 e. The van der Waals surface area contributed by atoms with Gasteiger partial charge in [0.15, 0.2) is 0 Å². The Labute approximate surface area is 144 Å². The number of piperidine rings is 1. The summed E-state index contributed by atoms with van der Waals surface area (Å²) < 4.78 is 1.74. The summed E-state index contributed by atoms with van der Waals surface area (Å²) in [5.41, 5.74) is 4.67. The maximum absolute atomic E-state index is 11.0. The Kier molecular flexibility index (Phi) is 3.83. The molecule has 1 saturated heterocycles. The Bertz CT molecular complexity index is 928. The summed E-state index contributed by atoms with van der Waals surface area (Å²) in [4.78, 5) is 21.8. The molecule has 0 atom stereocenters. The van der Waals surface area contributed by atoms with Crippen molar-refractivity contribution in [3.05, 3.63) is 42.4 Å². The minimum atomic E-state index is -0.830. The van der Waals surface area contributed by atoms with Crippen LogP contribution in [-0.2, 0) is 7.05 Å². The van der Waals surface area contributed by atoms with Crippen LogP contribution in [0.15, 0.2) is 36.8 Å². The summed E-state index contributed by atoms with van der Waals surface area (Å²) in [6.07, 6.45) is 6.32. The molecular formula is C18H19N5O2. The van der Waals surface area contributed by atoms with E-state index in [-0.39, 0.29) is 0 Å². The third-order valence-corrected chi connectivity index (χ3v) is 4.80. The van der Waals surface area contributed by atoms with E-state index < -0.39 is 6.09 Å². The fourth-order valence-corrected chi connectivity index (χ4v) is 3.38. The van der Waals surface area contributed by atoms with Crippen LogP contribution in [0.4, 0.5) is 4.79 Å². The number of amides is 1. The predicted molar refractivity (Wildman–Crippen MR) is 93.3 cm³/mol. The first-order valence-electron chi connectivity index (χ1n) is 8.34. The van der Waals surface area contributed by atoms with E-state index in [9.17, 15) is 4.79 Å². The highest BCUT2D eigenvalue weighted by Crippen LogP contribution is 2.30. The van der Waals surface area contributed by atoms with Crippen LogP contribution >= 0.6 is 0 Å². The number of hydrogen-bond acceptors (Lipinski definition) is 4. The molecular weight excluding hydrogens is 318 g/mol. The monoisotopic (exact) mass is 337 g/mol. The number of nitrogens with zero attached hydrogens (tertiary/aromatic N) is 5. The van der Waals surface area contributed by atoms with Gasteiger partial charge in [-0.25, -0.2) is 9.78 Å². The normalized spacial score (nSPS) is 15.6. The number of benzene rings is 1. The number of carboxylic acid groups (broad SMARTS) is 1. The lowest BCUT2D eigenvalue weighted by Gasteiger charge is -2.30. The van der Waals surface area contributed by atoms with Gasteiger partial charge >= 0.3 is 6.09 Å². The quantitative estimate of drug-likeness (QED) is 0.777. The zero-order valence-corrected chi connectivity index (χ0v) is 14.0. The Balaban J connectivity index is 1.62. The van der Waals surface area contributed by atoms with Gasteiger partial charge in [0, 0.05) is 31.9 Å². The van der Waals surface area contributed by atoms with Crippen molar-refractivity contribution in [3.8, 4) is 11.3 Å². The Morgan fingerprint density at radius 2 is 2.00 bits per heavy atom. The molecule has 1 aliphatic heterocycles. The molecule has 0 spiro atoms. The molecule has 1 amide bonds. The second-order valence-corrected chi connectivity index (χ2v) is 6.45. The summed E-state index contributed by atoms with van der Waals surface area (Å²) in [7, 11) is 1.87. The highest BCUT2D eigenvalue weighted by molar-refractivity contribution is 5.77. The standard InChI is InChI=1S/C18H19N5O2/c1-22-11-14(9-20-22)17-10-19-15-3-2-13(8-16(15)21-17)12-4-6-23(7-5-12)18(24)25/h2-3,8-12H,4-7H2,1H3,(H,24,25). The number of aromatic nitrogens is 4. The fraction of sp³-hybridized carbons (Fsp3) is 0.333. The van der Waals surface area contributed by atoms with E-state index in [0.29, 0.717) is 19.0 Å². The van der Waals surface area contributed by atoms with Crippen molar-refractivity contribution in [1.82, 2.24) is 24.6 Å². The van der Waals surface area contributed by atoms with Gasteiger partial charge in [0.05, 0.1) is 29.1 Å². The van der Waals surface area contributed by atoms with Gasteiger partial charge in [0.1, 0.15) is 0 Å². The van der Waals surface area contributed by atoms with Crippen molar-refractivity contribution in [2.24, 2.45) is 7.05 Å². The van der Waals surface area contributed by atoms with Crippen LogP contribution in [0.25, 0.3) is 22.3 Å². The molecule has 0 aliphatic carbocycles. The van der Waals surface area contributed by atoms with Gasteiger partial charge in [-0.05, 0) is 36.5 Å². The van der Waals surface area contributed by atoms with Crippen LogP contribution in [0.1, 0.15) is 24.3 Å². The molecule has 7 nitrogen and oxygen atoms in total. The molecule has 7 heteroatoms. The van der Waals surface area contributed by atoms with Crippen LogP contribution in [0.2, 0.25) is 0 Å². The van der Waals surface area contributed by atoms with Crippen molar-refractivity contribution in [2.45, 2.75) is 18.8 Å². The van der Waals surface area contributed by atoms with Crippen LogP contribution in [0, 0.1) is 0 Å². The van der Waals surface area contributed by atoms with Gasteiger partial charge in [-0.3, -0.25) is 9.67 Å². The minimum Gasteiger partial charge on any atom is -0.465 e. The summed E-state index contributed by atoms with van der Waals surface area (Å²) in [5, 5.41) is 13.3. The summed E-state index contributed by atoms with van der Waals surface area (Å²) in [6, 6.07) is 6.17. The topological polar surface area (TPSA) is 84.1 Å². The maximum Gasteiger partial charge on any atom is 0.407 e. The molecule has 3 heterocycles. The molecule has 128 valence electrons. The van der Waals surface area contributed by atoms with Crippen molar-refractivity contribution in [1.29, 1.82) is 0 Å². The summed E-state index contributed by atoms with van der Waals surface area (Å²) in [6.45, 7) is 1.17. The van der Waals surface area contributed by atoms with E-state index >= 15 is 0 Å². The number of carbonyl (C=O) groups is 1. The summed E-state index contributed by atoms with van der Waals surface area (Å²) in [5.74, 6) is 0.365. The lowest BCUT2D eigenvalue weighted by atomic mass is 9.89.